The molecule has 0 bridgehead atoms. The van der Waals surface area contributed by atoms with Gasteiger partial charge in [0.2, 0.25) is 0 Å². The lowest BCUT2D eigenvalue weighted by Gasteiger charge is -2.08. The number of para-hydroxylation sites is 1. The Kier molecular flexibility index (Phi) is 5.33. The quantitative estimate of drug-likeness (QED) is 0.758. The molecule has 20 heavy (non-hydrogen) atoms. The van der Waals surface area contributed by atoms with Crippen LogP contribution in [0.3, 0.4) is 0 Å². The normalized spacial score (nSPS) is 10.4. The fraction of sp³-hybridized carbons (Fsp3) is 0.375. The Balaban J connectivity index is 2.00. The van der Waals surface area contributed by atoms with E-state index >= 15 is 0 Å². The van der Waals surface area contributed by atoms with E-state index in [1.54, 1.807) is 0 Å². The Morgan fingerprint density at radius 2 is 1.95 bits per heavy atom. The van der Waals surface area contributed by atoms with E-state index in [2.05, 4.69) is 16.4 Å². The second-order valence-corrected chi connectivity index (χ2v) is 4.75. The number of aliphatic hydroxyl groups is 1. The zero-order valence-electron chi connectivity index (χ0n) is 11.5. The molecule has 2 N–H and O–H groups in total. The second kappa shape index (κ2) is 7.46. The van der Waals surface area contributed by atoms with Gasteiger partial charge in [-0.25, -0.2) is 4.98 Å². The number of nitrogens with zero attached hydrogens (tertiary/aromatic N) is 2. The summed E-state index contributed by atoms with van der Waals surface area (Å²) in [5, 5.41) is 22.1. The van der Waals surface area contributed by atoms with Crippen LogP contribution in [0.25, 0.3) is 10.9 Å². The van der Waals surface area contributed by atoms with Gasteiger partial charge in [0.1, 0.15) is 11.9 Å². The molecule has 0 aliphatic heterocycles. The Bertz CT molecular complexity index is 604. The van der Waals surface area contributed by atoms with Crippen molar-refractivity contribution in [2.24, 2.45) is 0 Å². The molecule has 2 aromatic rings. The van der Waals surface area contributed by atoms with Crippen molar-refractivity contribution in [3.05, 3.63) is 35.9 Å². The molecular formula is C16H19N3O. The van der Waals surface area contributed by atoms with Crippen molar-refractivity contribution in [2.45, 2.75) is 25.7 Å². The Hall–Kier alpha value is -2.12. The van der Waals surface area contributed by atoms with E-state index in [0.717, 1.165) is 43.1 Å². The van der Waals surface area contributed by atoms with Gasteiger partial charge in [0.15, 0.2) is 0 Å². The lowest BCUT2D eigenvalue weighted by atomic mass is 10.1. The largest absolute Gasteiger partial charge is 0.396 e. The third-order valence-electron chi connectivity index (χ3n) is 3.22. The number of nitrogens with one attached hydrogen (secondary N) is 1. The van der Waals surface area contributed by atoms with Crippen LogP contribution in [0.15, 0.2) is 30.3 Å². The fourth-order valence-electron chi connectivity index (χ4n) is 2.13. The van der Waals surface area contributed by atoms with Crippen LogP contribution in [0, 0.1) is 11.3 Å². The number of hydrogen-bond donors (Lipinski definition) is 2. The van der Waals surface area contributed by atoms with Crippen molar-refractivity contribution < 1.29 is 5.11 Å². The molecule has 2 rings (SSSR count). The molecule has 0 spiro atoms. The van der Waals surface area contributed by atoms with E-state index in [1.165, 1.54) is 0 Å². The van der Waals surface area contributed by atoms with Crippen LogP contribution >= 0.6 is 0 Å². The molecule has 0 radical (unpaired) electrons. The van der Waals surface area contributed by atoms with Gasteiger partial charge in [-0.05, 0) is 25.0 Å². The topological polar surface area (TPSA) is 68.9 Å². The summed E-state index contributed by atoms with van der Waals surface area (Å²) in [6.45, 7) is 1.06. The molecular weight excluding hydrogens is 250 g/mol. The minimum atomic E-state index is 0.262. The van der Waals surface area contributed by atoms with Crippen LogP contribution < -0.4 is 5.32 Å². The lowest BCUT2D eigenvalue weighted by molar-refractivity contribution is 0.283. The van der Waals surface area contributed by atoms with Crippen molar-refractivity contribution in [3.63, 3.8) is 0 Å². The minimum absolute atomic E-state index is 0.262. The number of aromatic nitrogens is 1. The standard InChI is InChI=1S/C16H19N3O/c17-12-14-11-13-7-3-4-8-15(13)19-16(14)18-9-5-1-2-6-10-20/h3-4,7-8,11,20H,1-2,5-6,9-10H2,(H,18,19). The maximum absolute atomic E-state index is 9.19. The lowest BCUT2D eigenvalue weighted by Crippen LogP contribution is -2.05. The Morgan fingerprint density at radius 3 is 2.75 bits per heavy atom. The molecule has 1 heterocycles. The van der Waals surface area contributed by atoms with E-state index in [-0.39, 0.29) is 6.61 Å². The third-order valence-corrected chi connectivity index (χ3v) is 3.22. The predicted octanol–water partition coefficient (Wildman–Crippen LogP) is 3.07. The first-order valence-corrected chi connectivity index (χ1v) is 7.00. The molecule has 1 aromatic heterocycles. The van der Waals surface area contributed by atoms with Gasteiger partial charge in [-0.2, -0.15) is 5.26 Å². The van der Waals surface area contributed by atoms with Gasteiger partial charge in [0.05, 0.1) is 11.1 Å². The number of pyridine rings is 1. The molecule has 104 valence electrons. The highest BCUT2D eigenvalue weighted by Crippen LogP contribution is 2.19. The van der Waals surface area contributed by atoms with Crippen molar-refractivity contribution in [3.8, 4) is 6.07 Å². The van der Waals surface area contributed by atoms with Gasteiger partial charge in [-0.15, -0.1) is 0 Å². The highest BCUT2D eigenvalue weighted by atomic mass is 16.2. The number of hydrogen-bond acceptors (Lipinski definition) is 4. The number of unbranched alkanes of at least 4 members (excludes halogenated alkanes) is 3. The minimum Gasteiger partial charge on any atom is -0.396 e. The summed E-state index contributed by atoms with van der Waals surface area (Å²) in [6, 6.07) is 11.9. The van der Waals surface area contributed by atoms with Crippen LogP contribution in [-0.2, 0) is 0 Å². The Labute approximate surface area is 119 Å². The Morgan fingerprint density at radius 1 is 1.15 bits per heavy atom. The van der Waals surface area contributed by atoms with Gasteiger partial charge >= 0.3 is 0 Å². The highest BCUT2D eigenvalue weighted by Gasteiger charge is 2.05. The van der Waals surface area contributed by atoms with Gasteiger partial charge in [0.25, 0.3) is 0 Å². The number of benzene rings is 1. The summed E-state index contributed by atoms with van der Waals surface area (Å²) < 4.78 is 0. The molecule has 4 nitrogen and oxygen atoms in total. The van der Waals surface area contributed by atoms with Crippen molar-refractivity contribution in [1.82, 2.24) is 4.98 Å². The van der Waals surface area contributed by atoms with E-state index in [1.807, 2.05) is 30.3 Å². The van der Waals surface area contributed by atoms with Gasteiger partial charge in [0, 0.05) is 18.5 Å². The van der Waals surface area contributed by atoms with Crippen molar-refractivity contribution >= 4 is 16.7 Å². The molecule has 0 saturated heterocycles. The zero-order chi connectivity index (χ0) is 14.2. The van der Waals surface area contributed by atoms with Crippen LogP contribution in [0.5, 0.6) is 0 Å². The maximum Gasteiger partial charge on any atom is 0.144 e. The van der Waals surface area contributed by atoms with E-state index in [4.69, 9.17) is 5.11 Å². The third kappa shape index (κ3) is 3.69. The van der Waals surface area contributed by atoms with E-state index < -0.39 is 0 Å². The van der Waals surface area contributed by atoms with Gasteiger partial charge < -0.3 is 10.4 Å². The molecule has 0 saturated carbocycles. The molecule has 4 heteroatoms. The second-order valence-electron chi connectivity index (χ2n) is 4.75. The highest BCUT2D eigenvalue weighted by molar-refractivity contribution is 5.82. The van der Waals surface area contributed by atoms with Crippen LogP contribution in [-0.4, -0.2) is 23.2 Å². The first-order valence-electron chi connectivity index (χ1n) is 7.00. The van der Waals surface area contributed by atoms with Crippen LogP contribution in [0.2, 0.25) is 0 Å². The molecule has 0 atom stereocenters. The smallest absolute Gasteiger partial charge is 0.144 e. The molecule has 0 fully saturated rings. The predicted molar refractivity (Wildman–Crippen MR) is 80.5 cm³/mol. The monoisotopic (exact) mass is 269 g/mol. The summed E-state index contributed by atoms with van der Waals surface area (Å²) in [5.74, 6) is 0.661. The van der Waals surface area contributed by atoms with Crippen LogP contribution in [0.1, 0.15) is 31.2 Å². The first-order chi connectivity index (χ1) is 9.85. The molecule has 0 aliphatic carbocycles. The number of rotatable bonds is 7. The molecule has 0 amide bonds. The summed E-state index contributed by atoms with van der Waals surface area (Å²) >= 11 is 0. The average Bonchev–Trinajstić information content (AvgIpc) is 2.50. The summed E-state index contributed by atoms with van der Waals surface area (Å²) in [6.07, 6.45) is 3.98. The van der Waals surface area contributed by atoms with Crippen LogP contribution in [0.4, 0.5) is 5.82 Å². The van der Waals surface area contributed by atoms with Gasteiger partial charge in [-0.1, -0.05) is 31.0 Å². The number of nitriles is 1. The summed E-state index contributed by atoms with van der Waals surface area (Å²) in [4.78, 5) is 4.51. The van der Waals surface area contributed by atoms with Crippen molar-refractivity contribution in [2.75, 3.05) is 18.5 Å². The fourth-order valence-corrected chi connectivity index (χ4v) is 2.13. The van der Waals surface area contributed by atoms with E-state index in [9.17, 15) is 5.26 Å². The molecule has 0 aliphatic rings. The number of fused-ring (bicyclic) bond motifs is 1. The summed E-state index contributed by atoms with van der Waals surface area (Å²) in [5.41, 5.74) is 1.48. The average molecular weight is 269 g/mol. The maximum atomic E-state index is 9.19. The summed E-state index contributed by atoms with van der Waals surface area (Å²) in [7, 11) is 0. The SMILES string of the molecule is N#Cc1cc2ccccc2nc1NCCCCCCO. The number of aliphatic hydroxyl groups excluding tert-OH is 1. The van der Waals surface area contributed by atoms with Gasteiger partial charge in [-0.3, -0.25) is 0 Å². The number of anilines is 1. The molecule has 1 aromatic carbocycles. The van der Waals surface area contributed by atoms with E-state index in [0.29, 0.717) is 11.4 Å². The zero-order valence-corrected chi connectivity index (χ0v) is 11.5. The first kappa shape index (κ1) is 14.3. The molecule has 0 unspecified atom stereocenters. The van der Waals surface area contributed by atoms with Crippen molar-refractivity contribution in [1.29, 1.82) is 5.26 Å².